The van der Waals surface area contributed by atoms with Gasteiger partial charge in [0.05, 0.1) is 5.52 Å². The van der Waals surface area contributed by atoms with E-state index in [0.29, 0.717) is 23.0 Å². The van der Waals surface area contributed by atoms with Gasteiger partial charge < -0.3 is 20.5 Å². The van der Waals surface area contributed by atoms with Gasteiger partial charge in [0.25, 0.3) is 5.91 Å². The highest BCUT2D eigenvalue weighted by atomic mass is 16.5. The van der Waals surface area contributed by atoms with E-state index in [4.69, 9.17) is 9.84 Å². The van der Waals surface area contributed by atoms with E-state index in [2.05, 4.69) is 39.4 Å². The van der Waals surface area contributed by atoms with E-state index in [9.17, 15) is 4.79 Å². The fourth-order valence-electron chi connectivity index (χ4n) is 2.09. The molecule has 8 heteroatoms. The summed E-state index contributed by atoms with van der Waals surface area (Å²) in [6.45, 7) is 4.13. The average Bonchev–Trinajstić information content (AvgIpc) is 2.74. The summed E-state index contributed by atoms with van der Waals surface area (Å²) in [5.41, 5.74) is 0.993. The summed E-state index contributed by atoms with van der Waals surface area (Å²) in [4.78, 5) is 24.0. The first-order valence-corrected chi connectivity index (χ1v) is 9.08. The Kier molecular flexibility index (Phi) is 8.11. The number of amides is 1. The number of nitrogens with one attached hydrogen (secondary N) is 2. The van der Waals surface area contributed by atoms with Gasteiger partial charge in [-0.25, -0.2) is 9.97 Å². The molecule has 0 saturated carbocycles. The van der Waals surface area contributed by atoms with Gasteiger partial charge in [-0.1, -0.05) is 26.7 Å². The smallest absolute Gasteiger partial charge is 0.269 e. The molecular formula is C20H25N5O3. The SMILES string of the molecule is CCCC.CNC(=O)c1cc(Oc2ccc3nc(NCO)ncc3c2)ccn1. The highest BCUT2D eigenvalue weighted by molar-refractivity contribution is 5.92. The lowest BCUT2D eigenvalue weighted by atomic mass is 10.2. The second kappa shape index (κ2) is 10.8. The maximum absolute atomic E-state index is 11.6. The maximum atomic E-state index is 11.6. The van der Waals surface area contributed by atoms with Crippen LogP contribution in [0.4, 0.5) is 5.95 Å². The molecule has 1 aromatic carbocycles. The zero-order valence-electron chi connectivity index (χ0n) is 16.3. The normalized spacial score (nSPS) is 10.0. The van der Waals surface area contributed by atoms with Crippen molar-refractivity contribution in [3.63, 3.8) is 0 Å². The summed E-state index contributed by atoms with van der Waals surface area (Å²) in [5, 5.41) is 14.8. The van der Waals surface area contributed by atoms with Gasteiger partial charge in [-0.05, 0) is 24.3 Å². The van der Waals surface area contributed by atoms with Crippen LogP contribution in [0.3, 0.4) is 0 Å². The van der Waals surface area contributed by atoms with Crippen molar-refractivity contribution < 1.29 is 14.6 Å². The molecule has 0 aliphatic heterocycles. The number of benzene rings is 1. The number of fused-ring (bicyclic) bond motifs is 1. The van der Waals surface area contributed by atoms with E-state index < -0.39 is 0 Å². The summed E-state index contributed by atoms with van der Waals surface area (Å²) in [6, 6.07) is 8.57. The molecule has 0 radical (unpaired) electrons. The van der Waals surface area contributed by atoms with Gasteiger partial charge in [-0.2, -0.15) is 0 Å². The van der Waals surface area contributed by atoms with Crippen LogP contribution in [-0.2, 0) is 0 Å². The third kappa shape index (κ3) is 5.88. The number of hydrogen-bond donors (Lipinski definition) is 3. The van der Waals surface area contributed by atoms with Crippen LogP contribution in [0, 0.1) is 0 Å². The van der Waals surface area contributed by atoms with Crippen molar-refractivity contribution in [1.29, 1.82) is 0 Å². The number of ether oxygens (including phenoxy) is 1. The Morgan fingerprint density at radius 2 is 1.86 bits per heavy atom. The number of aromatic nitrogens is 3. The fraction of sp³-hybridized carbons (Fsp3) is 0.300. The van der Waals surface area contributed by atoms with Crippen molar-refractivity contribution in [2.24, 2.45) is 0 Å². The number of unbranched alkanes of at least 4 members (excludes halogenated alkanes) is 1. The number of nitrogens with zero attached hydrogens (tertiary/aromatic N) is 3. The summed E-state index contributed by atoms with van der Waals surface area (Å²) in [7, 11) is 1.54. The zero-order chi connectivity index (χ0) is 20.4. The maximum Gasteiger partial charge on any atom is 0.269 e. The Morgan fingerprint density at radius 3 is 2.54 bits per heavy atom. The fourth-order valence-corrected chi connectivity index (χ4v) is 2.09. The molecule has 148 valence electrons. The Balaban J connectivity index is 0.000000640. The van der Waals surface area contributed by atoms with E-state index >= 15 is 0 Å². The van der Waals surface area contributed by atoms with Crippen LogP contribution in [0.2, 0.25) is 0 Å². The molecule has 0 saturated heterocycles. The van der Waals surface area contributed by atoms with E-state index in [1.165, 1.54) is 19.0 Å². The minimum absolute atomic E-state index is 0.234. The Hall–Kier alpha value is -3.26. The topological polar surface area (TPSA) is 109 Å². The number of aliphatic hydroxyl groups is 1. The molecule has 1 amide bonds. The molecule has 0 fully saturated rings. The number of rotatable bonds is 6. The van der Waals surface area contributed by atoms with E-state index in [1.54, 1.807) is 43.6 Å². The highest BCUT2D eigenvalue weighted by Gasteiger charge is 2.07. The zero-order valence-corrected chi connectivity index (χ0v) is 16.3. The van der Waals surface area contributed by atoms with Gasteiger partial charge in [0.1, 0.15) is 23.9 Å². The predicted octanol–water partition coefficient (Wildman–Crippen LogP) is 3.34. The number of pyridine rings is 1. The summed E-state index contributed by atoms with van der Waals surface area (Å²) in [6.07, 6.45) is 5.78. The van der Waals surface area contributed by atoms with Crippen molar-refractivity contribution in [3.05, 3.63) is 48.4 Å². The van der Waals surface area contributed by atoms with Crippen molar-refractivity contribution in [2.75, 3.05) is 19.1 Å². The van der Waals surface area contributed by atoms with Crippen LogP contribution in [0.15, 0.2) is 42.7 Å². The second-order valence-corrected chi connectivity index (χ2v) is 5.81. The van der Waals surface area contributed by atoms with Crippen molar-refractivity contribution >= 4 is 22.8 Å². The molecule has 2 aromatic heterocycles. The van der Waals surface area contributed by atoms with Gasteiger partial charge in [0.15, 0.2) is 0 Å². The van der Waals surface area contributed by atoms with E-state index in [1.807, 2.05) is 0 Å². The van der Waals surface area contributed by atoms with Crippen molar-refractivity contribution in [1.82, 2.24) is 20.3 Å². The molecule has 0 aliphatic carbocycles. The van der Waals surface area contributed by atoms with E-state index in [-0.39, 0.29) is 18.3 Å². The number of carbonyl (C=O) groups excluding carboxylic acids is 1. The molecule has 0 atom stereocenters. The molecule has 0 spiro atoms. The van der Waals surface area contributed by atoms with Crippen molar-refractivity contribution in [2.45, 2.75) is 26.7 Å². The first kappa shape index (κ1) is 21.0. The standard InChI is InChI=1S/C16H15N5O3.C4H10/c1-17-15(23)14-7-12(4-5-18-14)24-11-2-3-13-10(6-11)8-19-16(21-13)20-9-22;1-3-4-2/h2-8,22H,9H2,1H3,(H,17,23)(H,19,20,21);3-4H2,1-2H3. The minimum Gasteiger partial charge on any atom is -0.457 e. The number of anilines is 1. The summed E-state index contributed by atoms with van der Waals surface area (Å²) < 4.78 is 5.77. The number of aliphatic hydroxyl groups excluding tert-OH is 1. The first-order valence-electron chi connectivity index (χ1n) is 9.08. The quantitative estimate of drug-likeness (QED) is 0.560. The number of hydrogen-bond acceptors (Lipinski definition) is 7. The van der Waals surface area contributed by atoms with Gasteiger partial charge in [0.2, 0.25) is 5.95 Å². The lowest BCUT2D eigenvalue weighted by Crippen LogP contribution is -2.18. The van der Waals surface area contributed by atoms with Crippen molar-refractivity contribution in [3.8, 4) is 11.5 Å². The van der Waals surface area contributed by atoms with E-state index in [0.717, 1.165) is 5.39 Å². The van der Waals surface area contributed by atoms with Crippen LogP contribution < -0.4 is 15.4 Å². The molecular weight excluding hydrogens is 358 g/mol. The van der Waals surface area contributed by atoms with Gasteiger partial charge in [-0.3, -0.25) is 9.78 Å². The van der Waals surface area contributed by atoms with Crippen LogP contribution in [0.25, 0.3) is 10.9 Å². The Bertz CT molecular complexity index is 915. The molecule has 28 heavy (non-hydrogen) atoms. The van der Waals surface area contributed by atoms with Gasteiger partial charge >= 0.3 is 0 Å². The number of carbonyl (C=O) groups is 1. The molecule has 0 aliphatic rings. The third-order valence-corrected chi connectivity index (χ3v) is 3.72. The highest BCUT2D eigenvalue weighted by Crippen LogP contribution is 2.25. The molecule has 0 bridgehead atoms. The van der Waals surface area contributed by atoms with Crippen LogP contribution >= 0.6 is 0 Å². The van der Waals surface area contributed by atoms with Crippen LogP contribution in [0.1, 0.15) is 37.2 Å². The summed E-state index contributed by atoms with van der Waals surface area (Å²) >= 11 is 0. The summed E-state index contributed by atoms with van der Waals surface area (Å²) in [5.74, 6) is 1.16. The monoisotopic (exact) mass is 383 g/mol. The van der Waals surface area contributed by atoms with Crippen LogP contribution in [-0.4, -0.2) is 39.7 Å². The molecule has 3 N–H and O–H groups in total. The van der Waals surface area contributed by atoms with Gasteiger partial charge in [-0.15, -0.1) is 0 Å². The molecule has 3 aromatic rings. The lowest BCUT2D eigenvalue weighted by Gasteiger charge is -2.08. The lowest BCUT2D eigenvalue weighted by molar-refractivity contribution is 0.0958. The molecule has 3 rings (SSSR count). The molecule has 0 unspecified atom stereocenters. The molecule has 2 heterocycles. The minimum atomic E-state index is -0.281. The third-order valence-electron chi connectivity index (χ3n) is 3.72. The second-order valence-electron chi connectivity index (χ2n) is 5.81. The largest absolute Gasteiger partial charge is 0.457 e. The Labute approximate surface area is 164 Å². The molecule has 8 nitrogen and oxygen atoms in total. The average molecular weight is 383 g/mol. The van der Waals surface area contributed by atoms with Gasteiger partial charge in [0, 0.05) is 30.9 Å². The first-order chi connectivity index (χ1) is 13.6. The van der Waals surface area contributed by atoms with Crippen LogP contribution in [0.5, 0.6) is 11.5 Å². The Morgan fingerprint density at radius 1 is 1.11 bits per heavy atom. The predicted molar refractivity (Wildman–Crippen MR) is 109 cm³/mol.